The fraction of sp³-hybridized carbons (Fsp3) is 0.316. The van der Waals surface area contributed by atoms with Crippen molar-refractivity contribution in [2.24, 2.45) is 0 Å². The van der Waals surface area contributed by atoms with E-state index < -0.39 is 5.97 Å². The number of hydrogen-bond acceptors (Lipinski definition) is 5. The Morgan fingerprint density at radius 1 is 1.04 bits per heavy atom. The average molecular weight is 330 g/mol. The van der Waals surface area contributed by atoms with Crippen molar-refractivity contribution in [3.63, 3.8) is 0 Å². The fourth-order valence-electron chi connectivity index (χ4n) is 2.15. The molecule has 2 aromatic carbocycles. The second kappa shape index (κ2) is 8.93. The number of rotatable bonds is 8. The highest BCUT2D eigenvalue weighted by Crippen LogP contribution is 2.25. The van der Waals surface area contributed by atoms with Crippen LogP contribution in [0, 0.1) is 0 Å². The molecule has 0 amide bonds. The quantitative estimate of drug-likeness (QED) is 0.544. The molecule has 24 heavy (non-hydrogen) atoms. The van der Waals surface area contributed by atoms with Gasteiger partial charge in [-0.05, 0) is 17.7 Å². The Bertz CT molecular complexity index is 650. The minimum absolute atomic E-state index is 0.365. The molecule has 0 saturated carbocycles. The van der Waals surface area contributed by atoms with Crippen LogP contribution >= 0.6 is 0 Å². The number of benzene rings is 2. The topological polar surface area (TPSA) is 54.0 Å². The SMILES string of the molecule is CCC(OC)Oc1cc(OCc2ccccc2)cc(C(=O)OC)c1. The molecule has 0 spiro atoms. The van der Waals surface area contributed by atoms with Crippen molar-refractivity contribution < 1.29 is 23.7 Å². The molecule has 0 aromatic heterocycles. The van der Waals surface area contributed by atoms with Crippen molar-refractivity contribution in [1.29, 1.82) is 0 Å². The minimum Gasteiger partial charge on any atom is -0.489 e. The van der Waals surface area contributed by atoms with Gasteiger partial charge in [-0.3, -0.25) is 0 Å². The first-order valence-electron chi connectivity index (χ1n) is 7.75. The lowest BCUT2D eigenvalue weighted by Crippen LogP contribution is -2.17. The van der Waals surface area contributed by atoms with E-state index in [2.05, 4.69) is 0 Å². The van der Waals surface area contributed by atoms with Crippen LogP contribution in [-0.4, -0.2) is 26.5 Å². The Labute approximate surface area is 142 Å². The molecule has 1 atom stereocenters. The van der Waals surface area contributed by atoms with Gasteiger partial charge in [-0.2, -0.15) is 0 Å². The van der Waals surface area contributed by atoms with E-state index in [-0.39, 0.29) is 6.29 Å². The lowest BCUT2D eigenvalue weighted by atomic mass is 10.2. The minimum atomic E-state index is -0.449. The van der Waals surface area contributed by atoms with Gasteiger partial charge < -0.3 is 18.9 Å². The van der Waals surface area contributed by atoms with Crippen LogP contribution in [0.25, 0.3) is 0 Å². The van der Waals surface area contributed by atoms with Gasteiger partial charge in [0.15, 0.2) is 6.29 Å². The van der Waals surface area contributed by atoms with E-state index in [1.54, 1.807) is 25.3 Å². The van der Waals surface area contributed by atoms with E-state index in [9.17, 15) is 4.79 Å². The Kier molecular flexibility index (Phi) is 6.63. The molecule has 2 rings (SSSR count). The third-order valence-corrected chi connectivity index (χ3v) is 3.41. The molecule has 0 N–H and O–H groups in total. The number of methoxy groups -OCH3 is 2. The summed E-state index contributed by atoms with van der Waals surface area (Å²) < 4.78 is 21.5. The van der Waals surface area contributed by atoms with Crippen LogP contribution in [0.4, 0.5) is 0 Å². The van der Waals surface area contributed by atoms with Crippen molar-refractivity contribution in [3.8, 4) is 11.5 Å². The van der Waals surface area contributed by atoms with Gasteiger partial charge in [0.05, 0.1) is 12.7 Å². The summed E-state index contributed by atoms with van der Waals surface area (Å²) in [5.74, 6) is 0.577. The molecule has 128 valence electrons. The molecule has 1 unspecified atom stereocenters. The highest BCUT2D eigenvalue weighted by molar-refractivity contribution is 5.90. The maximum absolute atomic E-state index is 11.9. The molecular weight excluding hydrogens is 308 g/mol. The largest absolute Gasteiger partial charge is 0.489 e. The molecule has 2 aromatic rings. The molecule has 5 nitrogen and oxygen atoms in total. The average Bonchev–Trinajstić information content (AvgIpc) is 2.64. The second-order valence-electron chi connectivity index (χ2n) is 5.15. The van der Waals surface area contributed by atoms with Gasteiger partial charge in [0.2, 0.25) is 0 Å². The highest BCUT2D eigenvalue weighted by atomic mass is 16.7. The predicted octanol–water partition coefficient (Wildman–Crippen LogP) is 3.81. The number of ether oxygens (including phenoxy) is 4. The summed E-state index contributed by atoms with van der Waals surface area (Å²) in [4.78, 5) is 11.9. The van der Waals surface area contributed by atoms with Crippen LogP contribution in [0.1, 0.15) is 29.3 Å². The first kappa shape index (κ1) is 17.8. The standard InChI is InChI=1S/C19H22O5/c1-4-18(21-2)24-17-11-15(19(20)22-3)10-16(12-17)23-13-14-8-6-5-7-9-14/h5-12,18H,4,13H2,1-3H3. The summed E-state index contributed by atoms with van der Waals surface area (Å²) >= 11 is 0. The lowest BCUT2D eigenvalue weighted by molar-refractivity contribution is -0.0549. The maximum Gasteiger partial charge on any atom is 0.338 e. The Hall–Kier alpha value is -2.53. The molecule has 0 aliphatic rings. The molecule has 0 saturated heterocycles. The smallest absolute Gasteiger partial charge is 0.338 e. The zero-order chi connectivity index (χ0) is 17.4. The number of hydrogen-bond donors (Lipinski definition) is 0. The second-order valence-corrected chi connectivity index (χ2v) is 5.15. The number of carbonyl (C=O) groups excluding carboxylic acids is 1. The Balaban J connectivity index is 2.20. The summed E-state index contributed by atoms with van der Waals surface area (Å²) in [6.45, 7) is 2.34. The predicted molar refractivity (Wildman–Crippen MR) is 90.3 cm³/mol. The van der Waals surface area contributed by atoms with Gasteiger partial charge in [-0.15, -0.1) is 0 Å². The van der Waals surface area contributed by atoms with E-state index in [4.69, 9.17) is 18.9 Å². The van der Waals surface area contributed by atoms with Crippen molar-refractivity contribution >= 4 is 5.97 Å². The molecule has 0 fully saturated rings. The summed E-state index contributed by atoms with van der Waals surface area (Å²) in [6, 6.07) is 14.8. The van der Waals surface area contributed by atoms with Crippen LogP contribution in [0.2, 0.25) is 0 Å². The molecule has 0 bridgehead atoms. The Morgan fingerprint density at radius 3 is 2.38 bits per heavy atom. The number of carbonyl (C=O) groups is 1. The van der Waals surface area contributed by atoms with Crippen molar-refractivity contribution in [3.05, 3.63) is 59.7 Å². The van der Waals surface area contributed by atoms with Gasteiger partial charge in [-0.1, -0.05) is 37.3 Å². The fourth-order valence-corrected chi connectivity index (χ4v) is 2.15. The van der Waals surface area contributed by atoms with Crippen LogP contribution in [0.5, 0.6) is 11.5 Å². The summed E-state index contributed by atoms with van der Waals surface area (Å²) in [6.07, 6.45) is 0.291. The monoisotopic (exact) mass is 330 g/mol. The van der Waals surface area contributed by atoms with Gasteiger partial charge >= 0.3 is 5.97 Å². The maximum atomic E-state index is 11.9. The van der Waals surface area contributed by atoms with E-state index in [1.165, 1.54) is 7.11 Å². The van der Waals surface area contributed by atoms with Gasteiger partial charge in [0.25, 0.3) is 0 Å². The van der Waals surface area contributed by atoms with Crippen molar-refractivity contribution in [2.45, 2.75) is 26.2 Å². The molecule has 0 radical (unpaired) electrons. The van der Waals surface area contributed by atoms with E-state index in [0.717, 1.165) is 5.56 Å². The molecular formula is C19H22O5. The molecule has 0 heterocycles. The summed E-state index contributed by atoms with van der Waals surface area (Å²) in [5, 5.41) is 0. The van der Waals surface area contributed by atoms with Crippen LogP contribution in [-0.2, 0) is 16.1 Å². The normalized spacial score (nSPS) is 11.6. The van der Waals surface area contributed by atoms with Gasteiger partial charge in [0, 0.05) is 19.6 Å². The van der Waals surface area contributed by atoms with Gasteiger partial charge in [-0.25, -0.2) is 4.79 Å². The van der Waals surface area contributed by atoms with E-state index in [0.29, 0.717) is 30.1 Å². The van der Waals surface area contributed by atoms with Gasteiger partial charge in [0.1, 0.15) is 18.1 Å². The highest BCUT2D eigenvalue weighted by Gasteiger charge is 2.13. The summed E-state index contributed by atoms with van der Waals surface area (Å²) in [7, 11) is 2.91. The summed E-state index contributed by atoms with van der Waals surface area (Å²) in [5.41, 5.74) is 1.40. The third kappa shape index (κ3) is 4.99. The van der Waals surface area contributed by atoms with Crippen LogP contribution < -0.4 is 9.47 Å². The van der Waals surface area contributed by atoms with Crippen molar-refractivity contribution in [2.75, 3.05) is 14.2 Å². The van der Waals surface area contributed by atoms with Crippen LogP contribution in [0.15, 0.2) is 48.5 Å². The zero-order valence-corrected chi connectivity index (χ0v) is 14.2. The first-order chi connectivity index (χ1) is 11.7. The Morgan fingerprint density at radius 2 is 1.75 bits per heavy atom. The zero-order valence-electron chi connectivity index (χ0n) is 14.2. The van der Waals surface area contributed by atoms with E-state index >= 15 is 0 Å². The third-order valence-electron chi connectivity index (χ3n) is 3.41. The van der Waals surface area contributed by atoms with E-state index in [1.807, 2.05) is 37.3 Å². The molecule has 5 heteroatoms. The lowest BCUT2D eigenvalue weighted by Gasteiger charge is -2.17. The van der Waals surface area contributed by atoms with Crippen LogP contribution in [0.3, 0.4) is 0 Å². The number of esters is 1. The molecule has 0 aliphatic carbocycles. The van der Waals surface area contributed by atoms with Crippen molar-refractivity contribution in [1.82, 2.24) is 0 Å². The molecule has 0 aliphatic heterocycles. The first-order valence-corrected chi connectivity index (χ1v) is 7.75.